The van der Waals surface area contributed by atoms with Crippen molar-refractivity contribution < 1.29 is 17.9 Å². The van der Waals surface area contributed by atoms with Crippen LogP contribution < -0.4 is 20.1 Å². The summed E-state index contributed by atoms with van der Waals surface area (Å²) in [5.41, 5.74) is 1.76. The molecule has 154 valence electrons. The van der Waals surface area contributed by atoms with E-state index < -0.39 is 10.0 Å². The van der Waals surface area contributed by atoms with Crippen LogP contribution in [-0.4, -0.2) is 43.1 Å². The normalized spacial score (nSPS) is 11.1. The van der Waals surface area contributed by atoms with Crippen LogP contribution >= 0.6 is 0 Å². The molecule has 0 aliphatic heterocycles. The van der Waals surface area contributed by atoms with Crippen LogP contribution in [0.5, 0.6) is 11.5 Å². The zero-order valence-corrected chi connectivity index (χ0v) is 17.2. The number of rotatable bonds is 9. The molecule has 0 aliphatic carbocycles. The highest BCUT2D eigenvalue weighted by molar-refractivity contribution is 7.89. The molecule has 10 heteroatoms. The Morgan fingerprint density at radius 1 is 0.897 bits per heavy atom. The first kappa shape index (κ1) is 20.5. The number of benzene rings is 2. The van der Waals surface area contributed by atoms with Crippen molar-refractivity contribution in [1.29, 1.82) is 0 Å². The van der Waals surface area contributed by atoms with E-state index in [0.29, 0.717) is 18.8 Å². The molecule has 2 N–H and O–H groups in total. The summed E-state index contributed by atoms with van der Waals surface area (Å²) in [6.45, 7) is 0.702. The van der Waals surface area contributed by atoms with E-state index in [2.05, 4.69) is 20.7 Å². The van der Waals surface area contributed by atoms with Gasteiger partial charge in [0.15, 0.2) is 0 Å². The lowest BCUT2D eigenvalue weighted by atomic mass is 10.2. The fourth-order valence-electron chi connectivity index (χ4n) is 2.76. The molecule has 1 aromatic heterocycles. The highest BCUT2D eigenvalue weighted by Crippen LogP contribution is 2.21. The lowest BCUT2D eigenvalue weighted by Gasteiger charge is -2.09. The smallest absolute Gasteiger partial charge is 0.254 e. The van der Waals surface area contributed by atoms with Crippen LogP contribution in [0.1, 0.15) is 11.1 Å². The zero-order chi connectivity index (χ0) is 20.9. The predicted octanol–water partition coefficient (Wildman–Crippen LogP) is 2.33. The number of para-hydroxylation sites is 2. The molecule has 0 fully saturated rings. The molecule has 3 rings (SSSR count). The molecule has 2 aromatic carbocycles. The van der Waals surface area contributed by atoms with Gasteiger partial charge in [-0.2, -0.15) is 4.98 Å². The molecule has 0 saturated carbocycles. The van der Waals surface area contributed by atoms with Gasteiger partial charge in [-0.15, -0.1) is 9.19 Å². The van der Waals surface area contributed by atoms with E-state index in [9.17, 15) is 8.42 Å². The van der Waals surface area contributed by atoms with Crippen molar-refractivity contribution in [1.82, 2.24) is 14.2 Å². The summed E-state index contributed by atoms with van der Waals surface area (Å²) in [7, 11) is -0.470. The number of nitrogens with zero attached hydrogens (tertiary/aromatic N) is 3. The fraction of sp³-hybridized carbons (Fsp3) is 0.263. The summed E-state index contributed by atoms with van der Waals surface area (Å²) >= 11 is 0. The molecule has 0 saturated heterocycles. The first-order valence-corrected chi connectivity index (χ1v) is 10.7. The van der Waals surface area contributed by atoms with Crippen LogP contribution in [0.2, 0.25) is 0 Å². The average molecular weight is 417 g/mol. The van der Waals surface area contributed by atoms with Gasteiger partial charge in [0.05, 0.1) is 20.5 Å². The Balaban J connectivity index is 1.79. The third-order valence-corrected chi connectivity index (χ3v) is 5.03. The van der Waals surface area contributed by atoms with Crippen molar-refractivity contribution in [2.75, 3.05) is 31.1 Å². The monoisotopic (exact) mass is 417 g/mol. The first-order valence-electron chi connectivity index (χ1n) is 8.81. The summed E-state index contributed by atoms with van der Waals surface area (Å²) in [6.07, 6.45) is 1.07. The second kappa shape index (κ2) is 8.82. The van der Waals surface area contributed by atoms with E-state index in [1.807, 2.05) is 48.5 Å². The quantitative estimate of drug-likeness (QED) is 0.546. The molecule has 1 heterocycles. The van der Waals surface area contributed by atoms with Gasteiger partial charge in [-0.3, -0.25) is 0 Å². The molecular weight excluding hydrogens is 394 g/mol. The van der Waals surface area contributed by atoms with Gasteiger partial charge in [-0.1, -0.05) is 36.4 Å². The van der Waals surface area contributed by atoms with Crippen molar-refractivity contribution >= 4 is 21.9 Å². The molecule has 0 radical (unpaired) electrons. The van der Waals surface area contributed by atoms with Crippen molar-refractivity contribution in [3.8, 4) is 11.5 Å². The van der Waals surface area contributed by atoms with Crippen LogP contribution in [0.15, 0.2) is 48.5 Å². The van der Waals surface area contributed by atoms with E-state index in [0.717, 1.165) is 27.2 Å². The van der Waals surface area contributed by atoms with Gasteiger partial charge in [-0.05, 0) is 12.1 Å². The molecule has 9 nitrogen and oxygen atoms in total. The first-order chi connectivity index (χ1) is 13.9. The van der Waals surface area contributed by atoms with Crippen LogP contribution in [0.4, 0.5) is 11.9 Å². The largest absolute Gasteiger partial charge is 0.496 e. The number of hydrogen-bond donors (Lipinski definition) is 2. The van der Waals surface area contributed by atoms with Gasteiger partial charge in [0.1, 0.15) is 11.5 Å². The molecule has 3 aromatic rings. The Morgan fingerprint density at radius 2 is 1.41 bits per heavy atom. The van der Waals surface area contributed by atoms with Crippen molar-refractivity contribution in [2.45, 2.75) is 13.1 Å². The van der Waals surface area contributed by atoms with E-state index >= 15 is 0 Å². The van der Waals surface area contributed by atoms with Gasteiger partial charge in [0.2, 0.25) is 11.9 Å². The van der Waals surface area contributed by atoms with Crippen molar-refractivity contribution in [2.24, 2.45) is 0 Å². The fourth-order valence-corrected chi connectivity index (χ4v) is 3.40. The maximum Gasteiger partial charge on any atom is 0.254 e. The van der Waals surface area contributed by atoms with Crippen LogP contribution in [0, 0.1) is 0 Å². The molecule has 0 atom stereocenters. The van der Waals surface area contributed by atoms with Gasteiger partial charge >= 0.3 is 0 Å². The highest BCUT2D eigenvalue weighted by Gasteiger charge is 2.18. The molecule has 0 unspecified atom stereocenters. The third kappa shape index (κ3) is 4.96. The molecule has 0 spiro atoms. The molecule has 29 heavy (non-hydrogen) atoms. The lowest BCUT2D eigenvalue weighted by Crippen LogP contribution is -2.16. The van der Waals surface area contributed by atoms with Crippen LogP contribution in [0.25, 0.3) is 0 Å². The topological polar surface area (TPSA) is 107 Å². The zero-order valence-electron chi connectivity index (χ0n) is 16.4. The second-order valence-electron chi connectivity index (χ2n) is 6.20. The Labute approximate surface area is 169 Å². The Hall–Kier alpha value is -3.27. The Morgan fingerprint density at radius 3 is 1.93 bits per heavy atom. The summed E-state index contributed by atoms with van der Waals surface area (Å²) < 4.78 is 35.8. The maximum absolute atomic E-state index is 12.1. The number of aromatic nitrogens is 3. The molecule has 0 bridgehead atoms. The van der Waals surface area contributed by atoms with E-state index in [4.69, 9.17) is 9.47 Å². The summed E-state index contributed by atoms with van der Waals surface area (Å²) in [5, 5.41) is 10.1. The predicted molar refractivity (Wildman–Crippen MR) is 111 cm³/mol. The standard InChI is InChI=1S/C19H23N5O4S/c1-27-16-10-6-4-8-14(16)12-20-18-22-19(24(23-18)29(3,25)26)21-13-15-9-5-7-11-17(15)28-2/h4-11H,12-13H2,1-3H3,(H2,20,21,22,23). The third-order valence-electron chi connectivity index (χ3n) is 4.15. The average Bonchev–Trinajstić information content (AvgIpc) is 3.15. The number of ether oxygens (including phenoxy) is 2. The van der Waals surface area contributed by atoms with Gasteiger partial charge in [-0.25, -0.2) is 8.42 Å². The molecular formula is C19H23N5O4S. The lowest BCUT2D eigenvalue weighted by molar-refractivity contribution is 0.410. The van der Waals surface area contributed by atoms with Crippen molar-refractivity contribution in [3.05, 3.63) is 59.7 Å². The van der Waals surface area contributed by atoms with Gasteiger partial charge in [0.25, 0.3) is 10.0 Å². The van der Waals surface area contributed by atoms with Gasteiger partial charge in [0, 0.05) is 24.2 Å². The summed E-state index contributed by atoms with van der Waals surface area (Å²) in [5.74, 6) is 1.71. The summed E-state index contributed by atoms with van der Waals surface area (Å²) in [6, 6.07) is 15.0. The van der Waals surface area contributed by atoms with Crippen molar-refractivity contribution in [3.63, 3.8) is 0 Å². The van der Waals surface area contributed by atoms with Crippen LogP contribution in [0.3, 0.4) is 0 Å². The van der Waals surface area contributed by atoms with E-state index in [-0.39, 0.29) is 11.9 Å². The number of nitrogens with one attached hydrogen (secondary N) is 2. The SMILES string of the molecule is COc1ccccc1CNc1nc(NCc2ccccc2OC)n(S(C)(=O)=O)n1. The molecule has 0 amide bonds. The van der Waals surface area contributed by atoms with Crippen LogP contribution in [-0.2, 0) is 23.1 Å². The number of hydrogen-bond acceptors (Lipinski definition) is 8. The van der Waals surface area contributed by atoms with Gasteiger partial charge < -0.3 is 20.1 Å². The summed E-state index contributed by atoms with van der Waals surface area (Å²) in [4.78, 5) is 4.29. The highest BCUT2D eigenvalue weighted by atomic mass is 32.2. The minimum absolute atomic E-state index is 0.112. The Bertz CT molecular complexity index is 1080. The molecule has 0 aliphatic rings. The minimum Gasteiger partial charge on any atom is -0.496 e. The minimum atomic E-state index is -3.64. The maximum atomic E-state index is 12.1. The number of anilines is 2. The Kier molecular flexibility index (Phi) is 6.23. The van der Waals surface area contributed by atoms with E-state index in [1.165, 1.54) is 0 Å². The van der Waals surface area contributed by atoms with E-state index in [1.54, 1.807) is 14.2 Å². The second-order valence-corrected chi connectivity index (χ2v) is 8.01. The number of methoxy groups -OCH3 is 2.